The van der Waals surface area contributed by atoms with E-state index in [0.717, 1.165) is 6.26 Å². The number of sulfonamides is 1. The van der Waals surface area contributed by atoms with Crippen molar-refractivity contribution in [2.24, 2.45) is 0 Å². The number of hydrogen-bond acceptors (Lipinski definition) is 4. The third-order valence-corrected chi connectivity index (χ3v) is 2.67. The summed E-state index contributed by atoms with van der Waals surface area (Å²) in [5, 5.41) is 0. The molecule has 5 nitrogen and oxygen atoms in total. The Labute approximate surface area is 94.4 Å². The molecule has 1 saturated heterocycles. The van der Waals surface area contributed by atoms with Gasteiger partial charge in [0.25, 0.3) is 0 Å². The van der Waals surface area contributed by atoms with Crippen molar-refractivity contribution in [3.8, 4) is 5.75 Å². The summed E-state index contributed by atoms with van der Waals surface area (Å²) in [5.74, 6) is 0.661. The Balaban J connectivity index is 1.99. The number of hydrogen-bond donors (Lipinski definition) is 1. The van der Waals surface area contributed by atoms with E-state index in [1.165, 1.54) is 0 Å². The molecule has 1 aliphatic heterocycles. The van der Waals surface area contributed by atoms with Crippen molar-refractivity contribution in [1.29, 1.82) is 0 Å². The molecular weight excluding hydrogens is 230 g/mol. The first-order valence-corrected chi connectivity index (χ1v) is 6.73. The van der Waals surface area contributed by atoms with E-state index in [9.17, 15) is 8.42 Å². The normalized spacial score (nSPS) is 23.9. The van der Waals surface area contributed by atoms with Crippen LogP contribution in [0, 0.1) is 0 Å². The van der Waals surface area contributed by atoms with Crippen LogP contribution in [-0.2, 0) is 14.8 Å². The summed E-state index contributed by atoms with van der Waals surface area (Å²) in [4.78, 5) is 0. The highest BCUT2D eigenvalue weighted by molar-refractivity contribution is 7.92. The van der Waals surface area contributed by atoms with Gasteiger partial charge in [0, 0.05) is 5.69 Å². The highest BCUT2D eigenvalue weighted by Gasteiger charge is 2.36. The maximum Gasteiger partial charge on any atom is 0.229 e. The number of benzene rings is 1. The molecule has 1 N–H and O–H groups in total. The lowest BCUT2D eigenvalue weighted by Crippen LogP contribution is -2.09. The Morgan fingerprint density at radius 1 is 1.31 bits per heavy atom. The van der Waals surface area contributed by atoms with E-state index >= 15 is 0 Å². The maximum atomic E-state index is 11.0. The molecule has 1 fully saturated rings. The van der Waals surface area contributed by atoms with E-state index in [-0.39, 0.29) is 12.4 Å². The van der Waals surface area contributed by atoms with Gasteiger partial charge >= 0.3 is 0 Å². The van der Waals surface area contributed by atoms with Crippen LogP contribution < -0.4 is 9.46 Å². The molecule has 1 aliphatic rings. The van der Waals surface area contributed by atoms with Crippen LogP contribution in [0.4, 0.5) is 5.69 Å². The monoisotopic (exact) mass is 243 g/mol. The number of ether oxygens (including phenoxy) is 2. The Morgan fingerprint density at radius 2 is 1.88 bits per heavy atom. The van der Waals surface area contributed by atoms with Crippen molar-refractivity contribution in [2.45, 2.75) is 19.3 Å². The van der Waals surface area contributed by atoms with Crippen molar-refractivity contribution >= 4 is 15.7 Å². The summed E-state index contributed by atoms with van der Waals surface area (Å²) in [6.07, 6.45) is 1.07. The number of anilines is 1. The molecule has 0 saturated carbocycles. The van der Waals surface area contributed by atoms with Crippen LogP contribution in [0.2, 0.25) is 0 Å². The second kappa shape index (κ2) is 3.95. The Kier molecular flexibility index (Phi) is 2.77. The summed E-state index contributed by atoms with van der Waals surface area (Å²) in [6, 6.07) is 6.68. The Hall–Kier alpha value is -1.27. The van der Waals surface area contributed by atoms with Crippen LogP contribution >= 0.6 is 0 Å². The topological polar surface area (TPSA) is 67.9 Å². The van der Waals surface area contributed by atoms with Gasteiger partial charge in [-0.15, -0.1) is 0 Å². The summed E-state index contributed by atoms with van der Waals surface area (Å²) >= 11 is 0. The van der Waals surface area contributed by atoms with Gasteiger partial charge in [-0.05, 0) is 31.2 Å². The number of epoxide rings is 1. The van der Waals surface area contributed by atoms with Gasteiger partial charge in [0.05, 0.1) is 6.26 Å². The first kappa shape index (κ1) is 11.2. The molecule has 1 unspecified atom stereocenters. The lowest BCUT2D eigenvalue weighted by Gasteiger charge is -2.05. The lowest BCUT2D eigenvalue weighted by molar-refractivity contribution is 0.178. The van der Waals surface area contributed by atoms with Crippen molar-refractivity contribution < 1.29 is 17.9 Å². The summed E-state index contributed by atoms with van der Waals surface area (Å²) < 4.78 is 34.8. The average Bonchev–Trinajstić information content (AvgIpc) is 2.83. The maximum absolute atomic E-state index is 11.0. The van der Waals surface area contributed by atoms with E-state index in [1.807, 2.05) is 6.92 Å². The smallest absolute Gasteiger partial charge is 0.229 e. The summed E-state index contributed by atoms with van der Waals surface area (Å²) in [7, 11) is -3.23. The van der Waals surface area contributed by atoms with Crippen LogP contribution in [0.1, 0.15) is 6.92 Å². The first-order valence-electron chi connectivity index (χ1n) is 4.84. The molecule has 1 aromatic rings. The molecule has 1 heterocycles. The molecule has 0 radical (unpaired) electrons. The molecule has 0 aromatic heterocycles. The van der Waals surface area contributed by atoms with Crippen LogP contribution in [0.25, 0.3) is 0 Å². The van der Waals surface area contributed by atoms with Gasteiger partial charge in [0.15, 0.2) is 0 Å². The zero-order valence-electron chi connectivity index (χ0n) is 9.01. The standard InChI is InChI=1S/C10H13NO4S/c1-7-10(14-7)15-9-5-3-8(4-6-9)11-16(2,12)13/h3-7,10-11H,1-2H3/t7-,10?/m0/s1. The van der Waals surface area contributed by atoms with Crippen LogP contribution in [0.5, 0.6) is 5.75 Å². The fraction of sp³-hybridized carbons (Fsp3) is 0.400. The van der Waals surface area contributed by atoms with Gasteiger partial charge in [-0.2, -0.15) is 0 Å². The fourth-order valence-corrected chi connectivity index (χ4v) is 1.80. The zero-order chi connectivity index (χ0) is 11.8. The molecule has 1 aromatic carbocycles. The minimum atomic E-state index is -3.23. The molecule has 2 rings (SSSR count). The highest BCUT2D eigenvalue weighted by atomic mass is 32.2. The van der Waals surface area contributed by atoms with Crippen molar-refractivity contribution in [2.75, 3.05) is 11.0 Å². The van der Waals surface area contributed by atoms with Gasteiger partial charge in [-0.3, -0.25) is 4.72 Å². The van der Waals surface area contributed by atoms with E-state index in [4.69, 9.17) is 9.47 Å². The van der Waals surface area contributed by atoms with Crippen molar-refractivity contribution in [3.63, 3.8) is 0 Å². The minimum absolute atomic E-state index is 0.133. The largest absolute Gasteiger partial charge is 0.462 e. The lowest BCUT2D eigenvalue weighted by atomic mass is 10.3. The molecule has 2 atom stereocenters. The van der Waals surface area contributed by atoms with Crippen LogP contribution in [0.3, 0.4) is 0 Å². The van der Waals surface area contributed by atoms with Gasteiger partial charge < -0.3 is 9.47 Å². The van der Waals surface area contributed by atoms with Gasteiger partial charge in [-0.1, -0.05) is 0 Å². The Morgan fingerprint density at radius 3 is 2.31 bits per heavy atom. The Bertz CT molecular complexity index is 468. The quantitative estimate of drug-likeness (QED) is 0.806. The minimum Gasteiger partial charge on any atom is -0.462 e. The number of rotatable bonds is 4. The number of nitrogens with one attached hydrogen (secondary N) is 1. The molecule has 6 heteroatoms. The average molecular weight is 243 g/mol. The van der Waals surface area contributed by atoms with E-state index < -0.39 is 10.0 Å². The highest BCUT2D eigenvalue weighted by Crippen LogP contribution is 2.26. The second-order valence-electron chi connectivity index (χ2n) is 3.73. The predicted octanol–water partition coefficient (Wildman–Crippen LogP) is 1.18. The molecule has 0 aliphatic carbocycles. The first-order chi connectivity index (χ1) is 7.44. The van der Waals surface area contributed by atoms with Gasteiger partial charge in [0.1, 0.15) is 11.9 Å². The van der Waals surface area contributed by atoms with Crippen LogP contribution in [-0.4, -0.2) is 27.1 Å². The molecular formula is C10H13NO4S. The summed E-state index contributed by atoms with van der Waals surface area (Å²) in [6.45, 7) is 1.92. The third-order valence-electron chi connectivity index (χ3n) is 2.07. The SMILES string of the molecule is C[C@@H]1OC1Oc1ccc(NS(C)(=O)=O)cc1. The zero-order valence-corrected chi connectivity index (χ0v) is 9.82. The van der Waals surface area contributed by atoms with E-state index in [2.05, 4.69) is 4.72 Å². The summed E-state index contributed by atoms with van der Waals surface area (Å²) in [5.41, 5.74) is 0.514. The third kappa shape index (κ3) is 3.11. The van der Waals surface area contributed by atoms with Gasteiger partial charge in [0.2, 0.25) is 16.3 Å². The van der Waals surface area contributed by atoms with E-state index in [0.29, 0.717) is 11.4 Å². The van der Waals surface area contributed by atoms with Crippen molar-refractivity contribution in [3.05, 3.63) is 24.3 Å². The molecule has 16 heavy (non-hydrogen) atoms. The van der Waals surface area contributed by atoms with E-state index in [1.54, 1.807) is 24.3 Å². The van der Waals surface area contributed by atoms with Crippen molar-refractivity contribution in [1.82, 2.24) is 0 Å². The predicted molar refractivity (Wildman–Crippen MR) is 59.9 cm³/mol. The second-order valence-corrected chi connectivity index (χ2v) is 5.47. The fourth-order valence-electron chi connectivity index (χ4n) is 1.24. The molecule has 0 spiro atoms. The molecule has 0 bridgehead atoms. The van der Waals surface area contributed by atoms with Crippen LogP contribution in [0.15, 0.2) is 24.3 Å². The molecule has 0 amide bonds. The molecule has 88 valence electrons. The van der Waals surface area contributed by atoms with Gasteiger partial charge in [-0.25, -0.2) is 8.42 Å².